The first-order valence-electron chi connectivity index (χ1n) is 4.71. The Morgan fingerprint density at radius 2 is 2.29 bits per heavy atom. The maximum atomic E-state index is 13.0. The zero-order chi connectivity index (χ0) is 10.0. The van der Waals surface area contributed by atoms with E-state index >= 15 is 0 Å². The minimum Gasteiger partial charge on any atom is -0.302 e. The first kappa shape index (κ1) is 9.34. The van der Waals surface area contributed by atoms with Crippen LogP contribution in [0.5, 0.6) is 0 Å². The SMILES string of the molecule is O=CCNC1(c2cccc(F)c2)CC1. The van der Waals surface area contributed by atoms with Crippen LogP contribution in [0.3, 0.4) is 0 Å². The van der Waals surface area contributed by atoms with Gasteiger partial charge in [0.2, 0.25) is 0 Å². The predicted molar refractivity (Wildman–Crippen MR) is 51.4 cm³/mol. The topological polar surface area (TPSA) is 29.1 Å². The molecule has 1 aliphatic carbocycles. The zero-order valence-electron chi connectivity index (χ0n) is 7.79. The smallest absolute Gasteiger partial charge is 0.133 e. The molecule has 0 aromatic heterocycles. The van der Waals surface area contributed by atoms with Crippen molar-refractivity contribution in [1.29, 1.82) is 0 Å². The fraction of sp³-hybridized carbons (Fsp3) is 0.364. The van der Waals surface area contributed by atoms with E-state index in [1.165, 1.54) is 12.1 Å². The molecule has 14 heavy (non-hydrogen) atoms. The Morgan fingerprint density at radius 1 is 1.50 bits per heavy atom. The lowest BCUT2D eigenvalue weighted by molar-refractivity contribution is -0.107. The number of benzene rings is 1. The molecule has 74 valence electrons. The molecule has 0 heterocycles. The second-order valence-corrected chi connectivity index (χ2v) is 3.64. The Labute approximate surface area is 82.1 Å². The van der Waals surface area contributed by atoms with E-state index in [1.807, 2.05) is 6.07 Å². The predicted octanol–water partition coefficient (Wildman–Crippen LogP) is 1.60. The number of rotatable bonds is 4. The minimum absolute atomic E-state index is 0.136. The molecule has 0 aliphatic heterocycles. The number of hydrogen-bond acceptors (Lipinski definition) is 2. The van der Waals surface area contributed by atoms with Gasteiger partial charge in [0.25, 0.3) is 0 Å². The second-order valence-electron chi connectivity index (χ2n) is 3.64. The quantitative estimate of drug-likeness (QED) is 0.736. The van der Waals surface area contributed by atoms with Crippen LogP contribution in [0.2, 0.25) is 0 Å². The Hall–Kier alpha value is -1.22. The number of aldehydes is 1. The number of carbonyl (C=O) groups excluding carboxylic acids is 1. The molecule has 0 unspecified atom stereocenters. The summed E-state index contributed by atoms with van der Waals surface area (Å²) < 4.78 is 13.0. The van der Waals surface area contributed by atoms with Crippen LogP contribution in [0, 0.1) is 5.82 Å². The van der Waals surface area contributed by atoms with Gasteiger partial charge in [0.05, 0.1) is 6.54 Å². The van der Waals surface area contributed by atoms with E-state index in [1.54, 1.807) is 6.07 Å². The highest BCUT2D eigenvalue weighted by Crippen LogP contribution is 2.45. The number of halogens is 1. The van der Waals surface area contributed by atoms with Crippen molar-refractivity contribution >= 4 is 6.29 Å². The van der Waals surface area contributed by atoms with Gasteiger partial charge in [0, 0.05) is 5.54 Å². The van der Waals surface area contributed by atoms with Crippen molar-refractivity contribution in [2.45, 2.75) is 18.4 Å². The summed E-state index contributed by atoms with van der Waals surface area (Å²) in [7, 11) is 0. The molecule has 1 aliphatic rings. The Bertz CT molecular complexity index is 347. The van der Waals surface area contributed by atoms with Crippen LogP contribution in [-0.2, 0) is 10.3 Å². The van der Waals surface area contributed by atoms with Gasteiger partial charge >= 0.3 is 0 Å². The molecular formula is C11H12FNO. The number of hydrogen-bond donors (Lipinski definition) is 1. The zero-order valence-corrected chi connectivity index (χ0v) is 7.79. The summed E-state index contributed by atoms with van der Waals surface area (Å²) in [6.45, 7) is 0.330. The van der Waals surface area contributed by atoms with E-state index in [0.717, 1.165) is 24.7 Å². The van der Waals surface area contributed by atoms with E-state index in [9.17, 15) is 9.18 Å². The molecule has 1 aromatic rings. The van der Waals surface area contributed by atoms with Crippen LogP contribution in [0.15, 0.2) is 24.3 Å². The number of nitrogens with one attached hydrogen (secondary N) is 1. The van der Waals surface area contributed by atoms with Crippen molar-refractivity contribution in [3.05, 3.63) is 35.6 Å². The summed E-state index contributed by atoms with van der Waals surface area (Å²) in [5.74, 6) is -0.221. The van der Waals surface area contributed by atoms with E-state index in [0.29, 0.717) is 6.54 Å². The molecular weight excluding hydrogens is 181 g/mol. The third kappa shape index (κ3) is 1.68. The highest BCUT2D eigenvalue weighted by Gasteiger charge is 2.43. The molecule has 1 fully saturated rings. The van der Waals surface area contributed by atoms with Gasteiger partial charge in [-0.2, -0.15) is 0 Å². The van der Waals surface area contributed by atoms with Gasteiger partial charge in [-0.15, -0.1) is 0 Å². The van der Waals surface area contributed by atoms with Gasteiger partial charge in [0.1, 0.15) is 12.1 Å². The minimum atomic E-state index is -0.221. The third-order valence-electron chi connectivity index (χ3n) is 2.65. The molecule has 0 spiro atoms. The van der Waals surface area contributed by atoms with E-state index in [-0.39, 0.29) is 11.4 Å². The molecule has 1 N–H and O–H groups in total. The van der Waals surface area contributed by atoms with E-state index in [2.05, 4.69) is 5.32 Å². The van der Waals surface area contributed by atoms with Gasteiger partial charge in [-0.25, -0.2) is 4.39 Å². The Kier molecular flexibility index (Phi) is 2.33. The Balaban J connectivity index is 2.17. The standard InChI is InChI=1S/C11H12FNO/c12-10-3-1-2-9(8-10)11(4-5-11)13-6-7-14/h1-3,7-8,13H,4-6H2. The van der Waals surface area contributed by atoms with Crippen molar-refractivity contribution < 1.29 is 9.18 Å². The van der Waals surface area contributed by atoms with Crippen LogP contribution in [0.4, 0.5) is 4.39 Å². The van der Waals surface area contributed by atoms with Crippen molar-refractivity contribution in [3.63, 3.8) is 0 Å². The van der Waals surface area contributed by atoms with Crippen molar-refractivity contribution in [2.75, 3.05) is 6.54 Å². The first-order valence-corrected chi connectivity index (χ1v) is 4.71. The van der Waals surface area contributed by atoms with Crippen LogP contribution in [0.25, 0.3) is 0 Å². The molecule has 0 radical (unpaired) electrons. The van der Waals surface area contributed by atoms with Crippen LogP contribution in [-0.4, -0.2) is 12.8 Å². The van der Waals surface area contributed by atoms with Crippen molar-refractivity contribution in [2.24, 2.45) is 0 Å². The van der Waals surface area contributed by atoms with Crippen molar-refractivity contribution in [3.8, 4) is 0 Å². The van der Waals surface area contributed by atoms with Gasteiger partial charge in [-0.3, -0.25) is 0 Å². The highest BCUT2D eigenvalue weighted by atomic mass is 19.1. The van der Waals surface area contributed by atoms with Gasteiger partial charge in [0.15, 0.2) is 0 Å². The summed E-state index contributed by atoms with van der Waals surface area (Å²) >= 11 is 0. The van der Waals surface area contributed by atoms with Gasteiger partial charge < -0.3 is 10.1 Å². The summed E-state index contributed by atoms with van der Waals surface area (Å²) in [6, 6.07) is 6.56. The average molecular weight is 193 g/mol. The van der Waals surface area contributed by atoms with Gasteiger partial charge in [-0.05, 0) is 30.5 Å². The molecule has 0 atom stereocenters. The van der Waals surface area contributed by atoms with Crippen LogP contribution < -0.4 is 5.32 Å². The first-order chi connectivity index (χ1) is 6.77. The summed E-state index contributed by atoms with van der Waals surface area (Å²) in [6.07, 6.45) is 2.79. The molecule has 0 amide bonds. The fourth-order valence-electron chi connectivity index (χ4n) is 1.72. The third-order valence-corrected chi connectivity index (χ3v) is 2.65. The highest BCUT2D eigenvalue weighted by molar-refractivity contribution is 5.52. The second kappa shape index (κ2) is 3.50. The maximum Gasteiger partial charge on any atom is 0.133 e. The maximum absolute atomic E-state index is 13.0. The molecule has 2 nitrogen and oxygen atoms in total. The lowest BCUT2D eigenvalue weighted by atomic mass is 10.1. The van der Waals surface area contributed by atoms with E-state index < -0.39 is 0 Å². The normalized spacial score (nSPS) is 17.8. The monoisotopic (exact) mass is 193 g/mol. The average Bonchev–Trinajstić information content (AvgIpc) is 2.96. The summed E-state index contributed by atoms with van der Waals surface area (Å²) in [5, 5.41) is 3.13. The van der Waals surface area contributed by atoms with Crippen LogP contribution in [0.1, 0.15) is 18.4 Å². The van der Waals surface area contributed by atoms with Gasteiger partial charge in [-0.1, -0.05) is 12.1 Å². The molecule has 1 aromatic carbocycles. The number of carbonyl (C=O) groups is 1. The van der Waals surface area contributed by atoms with Crippen LogP contribution >= 0.6 is 0 Å². The largest absolute Gasteiger partial charge is 0.302 e. The molecule has 1 saturated carbocycles. The molecule has 0 saturated heterocycles. The lowest BCUT2D eigenvalue weighted by Crippen LogP contribution is -2.30. The van der Waals surface area contributed by atoms with E-state index in [4.69, 9.17) is 0 Å². The lowest BCUT2D eigenvalue weighted by Gasteiger charge is -2.15. The summed E-state index contributed by atoms with van der Waals surface area (Å²) in [4.78, 5) is 10.2. The molecule has 3 heteroatoms. The molecule has 0 bridgehead atoms. The molecule has 2 rings (SSSR count). The Morgan fingerprint density at radius 3 is 2.86 bits per heavy atom. The fourth-order valence-corrected chi connectivity index (χ4v) is 1.72. The summed E-state index contributed by atoms with van der Waals surface area (Å²) in [5.41, 5.74) is 0.808. The van der Waals surface area contributed by atoms with Crippen molar-refractivity contribution in [1.82, 2.24) is 5.32 Å².